The van der Waals surface area contributed by atoms with Gasteiger partial charge < -0.3 is 9.47 Å². The summed E-state index contributed by atoms with van der Waals surface area (Å²) in [5.41, 5.74) is -2.74. The number of hydrogen-bond acceptors (Lipinski definition) is 3. The van der Waals surface area contributed by atoms with E-state index in [4.69, 9.17) is 0 Å². The van der Waals surface area contributed by atoms with Crippen LogP contribution in [0.1, 0.15) is 11.3 Å². The van der Waals surface area contributed by atoms with Crippen molar-refractivity contribution in [1.29, 1.82) is 0 Å². The monoisotopic (exact) mass is 293 g/mol. The zero-order valence-electron chi connectivity index (χ0n) is 9.19. The molecule has 0 saturated carbocycles. The van der Waals surface area contributed by atoms with Crippen molar-refractivity contribution in [2.75, 3.05) is 7.11 Å². The van der Waals surface area contributed by atoms with Gasteiger partial charge in [-0.05, 0) is 6.07 Å². The fourth-order valence-electron chi connectivity index (χ4n) is 1.19. The standard InChI is InChI=1S/C9H6F7NO2/c1-18-6-2-4(8(11,12)13)5(3-10)17-7(6)19-9(14,15)16/h2H,3H2,1H3. The maximum Gasteiger partial charge on any atom is 0.574 e. The van der Waals surface area contributed by atoms with E-state index < -0.39 is 42.1 Å². The SMILES string of the molecule is COc1cc(C(F)(F)F)c(CF)nc1OC(F)(F)F. The third-order valence-corrected chi connectivity index (χ3v) is 1.90. The third kappa shape index (κ3) is 3.86. The van der Waals surface area contributed by atoms with Gasteiger partial charge in [0.15, 0.2) is 5.75 Å². The molecule has 1 heterocycles. The molecular weight excluding hydrogens is 287 g/mol. The second-order valence-electron chi connectivity index (χ2n) is 3.17. The molecule has 0 aliphatic rings. The summed E-state index contributed by atoms with van der Waals surface area (Å²) in [5.74, 6) is -2.18. The first-order chi connectivity index (χ1) is 8.58. The van der Waals surface area contributed by atoms with Crippen LogP contribution in [0.5, 0.6) is 11.6 Å². The highest BCUT2D eigenvalue weighted by Crippen LogP contribution is 2.38. The molecule has 0 radical (unpaired) electrons. The number of aromatic nitrogens is 1. The van der Waals surface area contributed by atoms with E-state index in [9.17, 15) is 30.7 Å². The van der Waals surface area contributed by atoms with Crippen molar-refractivity contribution in [1.82, 2.24) is 4.98 Å². The van der Waals surface area contributed by atoms with Crippen LogP contribution in [0.2, 0.25) is 0 Å². The highest BCUT2D eigenvalue weighted by Gasteiger charge is 2.38. The zero-order valence-corrected chi connectivity index (χ0v) is 9.19. The molecule has 1 aromatic rings. The molecule has 1 rings (SSSR count). The number of hydrogen-bond donors (Lipinski definition) is 0. The van der Waals surface area contributed by atoms with Crippen molar-refractivity contribution < 1.29 is 40.2 Å². The predicted octanol–water partition coefficient (Wildman–Crippen LogP) is 3.48. The van der Waals surface area contributed by atoms with Crippen LogP contribution in [0.15, 0.2) is 6.07 Å². The van der Waals surface area contributed by atoms with Gasteiger partial charge in [-0.2, -0.15) is 13.2 Å². The van der Waals surface area contributed by atoms with Crippen LogP contribution >= 0.6 is 0 Å². The fraction of sp³-hybridized carbons (Fsp3) is 0.444. The van der Waals surface area contributed by atoms with Gasteiger partial charge in [-0.25, -0.2) is 9.37 Å². The maximum atomic E-state index is 12.5. The van der Waals surface area contributed by atoms with Gasteiger partial charge in [0, 0.05) is 0 Å². The van der Waals surface area contributed by atoms with Crippen LogP contribution in [-0.4, -0.2) is 18.5 Å². The van der Waals surface area contributed by atoms with E-state index >= 15 is 0 Å². The van der Waals surface area contributed by atoms with Crippen LogP contribution in [-0.2, 0) is 12.9 Å². The molecule has 0 aromatic carbocycles. The fourth-order valence-corrected chi connectivity index (χ4v) is 1.19. The minimum Gasteiger partial charge on any atom is -0.491 e. The summed E-state index contributed by atoms with van der Waals surface area (Å²) in [6.07, 6.45) is -10.2. The van der Waals surface area contributed by atoms with Gasteiger partial charge in [-0.3, -0.25) is 0 Å². The summed E-state index contributed by atoms with van der Waals surface area (Å²) >= 11 is 0. The Morgan fingerprint density at radius 1 is 1.16 bits per heavy atom. The number of methoxy groups -OCH3 is 1. The lowest BCUT2D eigenvalue weighted by molar-refractivity contribution is -0.276. The zero-order chi connectivity index (χ0) is 14.8. The lowest BCUT2D eigenvalue weighted by atomic mass is 10.2. The molecule has 0 aliphatic carbocycles. The maximum absolute atomic E-state index is 12.5. The van der Waals surface area contributed by atoms with Gasteiger partial charge in [0.05, 0.1) is 18.4 Å². The highest BCUT2D eigenvalue weighted by molar-refractivity contribution is 5.41. The molecule has 0 unspecified atom stereocenters. The second kappa shape index (κ2) is 5.10. The van der Waals surface area contributed by atoms with E-state index in [0.29, 0.717) is 0 Å². The van der Waals surface area contributed by atoms with Crippen LogP contribution in [0.4, 0.5) is 30.7 Å². The largest absolute Gasteiger partial charge is 0.574 e. The average Bonchev–Trinajstić information content (AvgIpc) is 2.24. The molecule has 3 nitrogen and oxygen atoms in total. The van der Waals surface area contributed by atoms with Crippen molar-refractivity contribution >= 4 is 0 Å². The Hall–Kier alpha value is -1.74. The van der Waals surface area contributed by atoms with Gasteiger partial charge >= 0.3 is 12.5 Å². The van der Waals surface area contributed by atoms with E-state index in [2.05, 4.69) is 14.5 Å². The number of halogens is 7. The van der Waals surface area contributed by atoms with Crippen LogP contribution in [0.25, 0.3) is 0 Å². The number of nitrogens with zero attached hydrogens (tertiary/aromatic N) is 1. The lowest BCUT2D eigenvalue weighted by Gasteiger charge is -2.16. The molecule has 108 valence electrons. The molecule has 0 amide bonds. The number of pyridine rings is 1. The Morgan fingerprint density at radius 2 is 1.74 bits per heavy atom. The lowest BCUT2D eigenvalue weighted by Crippen LogP contribution is -2.20. The van der Waals surface area contributed by atoms with Gasteiger partial charge in [-0.1, -0.05) is 0 Å². The van der Waals surface area contributed by atoms with Crippen molar-refractivity contribution in [3.8, 4) is 11.6 Å². The summed E-state index contributed by atoms with van der Waals surface area (Å²) in [6.45, 7) is -1.70. The Bertz CT molecular complexity index is 455. The summed E-state index contributed by atoms with van der Waals surface area (Å²) in [4.78, 5) is 2.85. The minimum atomic E-state index is -5.19. The van der Waals surface area contributed by atoms with Crippen molar-refractivity contribution in [2.45, 2.75) is 19.2 Å². The van der Waals surface area contributed by atoms with E-state index in [0.717, 1.165) is 7.11 Å². The smallest absolute Gasteiger partial charge is 0.491 e. The predicted molar refractivity (Wildman–Crippen MR) is 47.3 cm³/mol. The molecule has 0 N–H and O–H groups in total. The summed E-state index contributed by atoms with van der Waals surface area (Å²) in [6, 6.07) is 0.197. The molecule has 1 aromatic heterocycles. The van der Waals surface area contributed by atoms with E-state index in [1.807, 2.05) is 0 Å². The van der Waals surface area contributed by atoms with Crippen molar-refractivity contribution in [3.05, 3.63) is 17.3 Å². The molecule has 0 aliphatic heterocycles. The highest BCUT2D eigenvalue weighted by atomic mass is 19.4. The molecule has 0 fully saturated rings. The molecule has 0 spiro atoms. The second-order valence-corrected chi connectivity index (χ2v) is 3.17. The van der Waals surface area contributed by atoms with Crippen LogP contribution < -0.4 is 9.47 Å². The topological polar surface area (TPSA) is 31.4 Å². The third-order valence-electron chi connectivity index (χ3n) is 1.90. The molecule has 0 bridgehead atoms. The summed E-state index contributed by atoms with van der Waals surface area (Å²) in [7, 11) is 0.829. The quantitative estimate of drug-likeness (QED) is 0.800. The Balaban J connectivity index is 3.36. The first-order valence-corrected chi connectivity index (χ1v) is 4.55. The normalized spacial score (nSPS) is 12.4. The molecular formula is C9H6F7NO2. The van der Waals surface area contributed by atoms with E-state index in [-0.39, 0.29) is 6.07 Å². The first kappa shape index (κ1) is 15.3. The number of alkyl halides is 7. The Labute approximate surface area is 101 Å². The van der Waals surface area contributed by atoms with Gasteiger partial charge in [0.1, 0.15) is 6.67 Å². The molecule has 19 heavy (non-hydrogen) atoms. The van der Waals surface area contributed by atoms with Gasteiger partial charge in [0.2, 0.25) is 0 Å². The molecule has 0 atom stereocenters. The van der Waals surface area contributed by atoms with E-state index in [1.54, 1.807) is 0 Å². The van der Waals surface area contributed by atoms with Crippen LogP contribution in [0, 0.1) is 0 Å². The first-order valence-electron chi connectivity index (χ1n) is 4.55. The van der Waals surface area contributed by atoms with Crippen molar-refractivity contribution in [3.63, 3.8) is 0 Å². The Kier molecular flexibility index (Phi) is 4.11. The minimum absolute atomic E-state index is 0.197. The number of ether oxygens (including phenoxy) is 2. The Morgan fingerprint density at radius 3 is 2.11 bits per heavy atom. The average molecular weight is 293 g/mol. The summed E-state index contributed by atoms with van der Waals surface area (Å²) in [5, 5.41) is 0. The van der Waals surface area contributed by atoms with E-state index in [1.165, 1.54) is 0 Å². The van der Waals surface area contributed by atoms with Crippen molar-refractivity contribution in [2.24, 2.45) is 0 Å². The van der Waals surface area contributed by atoms with Crippen LogP contribution in [0.3, 0.4) is 0 Å². The molecule has 0 saturated heterocycles. The summed E-state index contributed by atoms with van der Waals surface area (Å²) < 4.78 is 93.6. The molecule has 10 heteroatoms. The van der Waals surface area contributed by atoms with Gasteiger partial charge in [0.25, 0.3) is 5.88 Å². The van der Waals surface area contributed by atoms with Gasteiger partial charge in [-0.15, -0.1) is 13.2 Å². The number of rotatable bonds is 3.